The first-order valence-corrected chi connectivity index (χ1v) is 9.08. The van der Waals surface area contributed by atoms with Crippen molar-refractivity contribution in [3.8, 4) is 17.3 Å². The summed E-state index contributed by atoms with van der Waals surface area (Å²) in [5.41, 5.74) is 0.920. The van der Waals surface area contributed by atoms with E-state index in [-0.39, 0.29) is 11.7 Å². The van der Waals surface area contributed by atoms with E-state index in [1.165, 1.54) is 11.8 Å². The van der Waals surface area contributed by atoms with E-state index in [2.05, 4.69) is 29.4 Å². The van der Waals surface area contributed by atoms with Gasteiger partial charge in [0.2, 0.25) is 11.7 Å². The third-order valence-corrected chi connectivity index (χ3v) is 4.36. The highest BCUT2D eigenvalue weighted by Gasteiger charge is 2.18. The van der Waals surface area contributed by atoms with Crippen LogP contribution in [0, 0.1) is 5.92 Å². The Morgan fingerprint density at radius 1 is 1.20 bits per heavy atom. The molecule has 0 fully saturated rings. The predicted molar refractivity (Wildman–Crippen MR) is 97.6 cm³/mol. The number of para-hydroxylation sites is 1. The number of hydrogen-bond donors (Lipinski definition) is 1. The summed E-state index contributed by atoms with van der Waals surface area (Å²) >= 11 is 1.36. The zero-order valence-electron chi connectivity index (χ0n) is 14.2. The maximum atomic E-state index is 12.0. The lowest BCUT2D eigenvalue weighted by Gasteiger charge is -2.10. The highest BCUT2D eigenvalue weighted by Crippen LogP contribution is 2.27. The molecule has 0 aliphatic carbocycles. The van der Waals surface area contributed by atoms with Gasteiger partial charge in [-0.25, -0.2) is 0 Å². The third-order valence-electron chi connectivity index (χ3n) is 3.43. The smallest absolute Gasteiger partial charge is 0.230 e. The minimum absolute atomic E-state index is 0.0131. The number of aromatic nitrogens is 3. The second-order valence-corrected chi connectivity index (χ2v) is 6.88. The lowest BCUT2D eigenvalue weighted by molar-refractivity contribution is -0.118. The molecule has 7 heteroatoms. The number of nitrogens with zero attached hydrogens (tertiary/aromatic N) is 3. The number of hydrogen-bond acceptors (Lipinski definition) is 5. The van der Waals surface area contributed by atoms with E-state index < -0.39 is 0 Å². The van der Waals surface area contributed by atoms with Crippen LogP contribution in [0.4, 0.5) is 0 Å². The fourth-order valence-corrected chi connectivity index (χ4v) is 3.02. The Morgan fingerprint density at radius 2 is 2.00 bits per heavy atom. The summed E-state index contributed by atoms with van der Waals surface area (Å²) in [6, 6.07) is 13.4. The Morgan fingerprint density at radius 3 is 2.68 bits per heavy atom. The van der Waals surface area contributed by atoms with Gasteiger partial charge >= 0.3 is 0 Å². The standard InChI is InChI=1S/C18H20N4O2S/c1-13(2)11-19-16(23)12-25-18-21-20-17(15-9-6-10-24-15)22(18)14-7-4-3-5-8-14/h3-10,13H,11-12H2,1-2H3,(H,19,23). The number of furan rings is 1. The van der Waals surface area contributed by atoms with E-state index in [4.69, 9.17) is 4.42 Å². The van der Waals surface area contributed by atoms with Gasteiger partial charge in [0.25, 0.3) is 0 Å². The van der Waals surface area contributed by atoms with E-state index in [1.54, 1.807) is 6.26 Å². The van der Waals surface area contributed by atoms with Crippen LogP contribution in [0.3, 0.4) is 0 Å². The molecule has 0 saturated heterocycles. The molecular formula is C18H20N4O2S. The van der Waals surface area contributed by atoms with Crippen LogP contribution in [0.15, 0.2) is 58.3 Å². The van der Waals surface area contributed by atoms with Crippen molar-refractivity contribution in [1.82, 2.24) is 20.1 Å². The monoisotopic (exact) mass is 356 g/mol. The lowest BCUT2D eigenvalue weighted by Crippen LogP contribution is -2.28. The van der Waals surface area contributed by atoms with Gasteiger partial charge in [0.1, 0.15) is 0 Å². The molecule has 130 valence electrons. The van der Waals surface area contributed by atoms with Crippen molar-refractivity contribution in [3.63, 3.8) is 0 Å². The van der Waals surface area contributed by atoms with Gasteiger partial charge in [0, 0.05) is 12.2 Å². The van der Waals surface area contributed by atoms with E-state index in [1.807, 2.05) is 47.0 Å². The van der Waals surface area contributed by atoms with E-state index in [9.17, 15) is 4.79 Å². The molecule has 3 aromatic rings. The molecule has 2 aromatic heterocycles. The molecule has 2 heterocycles. The van der Waals surface area contributed by atoms with Crippen molar-refractivity contribution < 1.29 is 9.21 Å². The van der Waals surface area contributed by atoms with Crippen LogP contribution in [0.2, 0.25) is 0 Å². The number of carbonyl (C=O) groups is 1. The van der Waals surface area contributed by atoms with Crippen LogP contribution >= 0.6 is 11.8 Å². The van der Waals surface area contributed by atoms with E-state index in [0.717, 1.165) is 5.69 Å². The van der Waals surface area contributed by atoms with Crippen molar-refractivity contribution >= 4 is 17.7 Å². The van der Waals surface area contributed by atoms with Crippen molar-refractivity contribution in [2.24, 2.45) is 5.92 Å². The van der Waals surface area contributed by atoms with Crippen molar-refractivity contribution in [1.29, 1.82) is 0 Å². The fraction of sp³-hybridized carbons (Fsp3) is 0.278. The molecule has 0 bridgehead atoms. The molecule has 0 aliphatic heterocycles. The SMILES string of the molecule is CC(C)CNC(=O)CSc1nnc(-c2ccco2)n1-c1ccccc1. The molecule has 1 amide bonds. The van der Waals surface area contributed by atoms with Gasteiger partial charge in [-0.05, 0) is 30.2 Å². The number of amides is 1. The fourth-order valence-electron chi connectivity index (χ4n) is 2.24. The summed E-state index contributed by atoms with van der Waals surface area (Å²) in [7, 11) is 0. The topological polar surface area (TPSA) is 73.0 Å². The van der Waals surface area contributed by atoms with E-state index >= 15 is 0 Å². The van der Waals surface area contributed by atoms with Gasteiger partial charge in [-0.3, -0.25) is 9.36 Å². The predicted octanol–water partition coefficient (Wildman–Crippen LogP) is 3.39. The second kappa shape index (κ2) is 8.02. The Balaban J connectivity index is 1.83. The van der Waals surface area contributed by atoms with Crippen LogP contribution < -0.4 is 5.32 Å². The van der Waals surface area contributed by atoms with Gasteiger partial charge in [-0.15, -0.1) is 10.2 Å². The van der Waals surface area contributed by atoms with Crippen molar-refractivity contribution in [2.45, 2.75) is 19.0 Å². The first-order valence-electron chi connectivity index (χ1n) is 8.09. The summed E-state index contributed by atoms with van der Waals surface area (Å²) in [4.78, 5) is 12.0. The van der Waals surface area contributed by atoms with Crippen LogP contribution in [0.1, 0.15) is 13.8 Å². The Kier molecular flexibility index (Phi) is 5.55. The summed E-state index contributed by atoms with van der Waals surface area (Å²) < 4.78 is 7.38. The molecule has 0 atom stereocenters. The molecule has 0 spiro atoms. The molecular weight excluding hydrogens is 336 g/mol. The number of rotatable bonds is 7. The average molecular weight is 356 g/mol. The van der Waals surface area contributed by atoms with Gasteiger partial charge < -0.3 is 9.73 Å². The highest BCUT2D eigenvalue weighted by atomic mass is 32.2. The molecule has 1 aromatic carbocycles. The molecule has 0 saturated carbocycles. The number of nitrogens with one attached hydrogen (secondary N) is 1. The number of thioether (sulfide) groups is 1. The lowest BCUT2D eigenvalue weighted by atomic mass is 10.2. The Hall–Kier alpha value is -2.54. The minimum Gasteiger partial charge on any atom is -0.461 e. The molecule has 0 unspecified atom stereocenters. The van der Waals surface area contributed by atoms with Crippen LogP contribution in [-0.2, 0) is 4.79 Å². The maximum Gasteiger partial charge on any atom is 0.230 e. The quantitative estimate of drug-likeness (QED) is 0.657. The molecule has 3 rings (SSSR count). The Labute approximate surface area is 150 Å². The van der Waals surface area contributed by atoms with Gasteiger partial charge in [0.05, 0.1) is 12.0 Å². The Bertz CT molecular complexity index is 813. The summed E-state index contributed by atoms with van der Waals surface area (Å²) in [6.45, 7) is 4.80. The summed E-state index contributed by atoms with van der Waals surface area (Å²) in [5, 5.41) is 12.1. The molecule has 0 aliphatic rings. The molecule has 6 nitrogen and oxygen atoms in total. The maximum absolute atomic E-state index is 12.0. The molecule has 25 heavy (non-hydrogen) atoms. The van der Waals surface area contributed by atoms with Crippen LogP contribution in [0.5, 0.6) is 0 Å². The largest absolute Gasteiger partial charge is 0.461 e. The third kappa shape index (κ3) is 4.30. The first kappa shape index (κ1) is 17.3. The minimum atomic E-state index is -0.0131. The van der Waals surface area contributed by atoms with Gasteiger partial charge in [0.15, 0.2) is 10.9 Å². The molecule has 0 radical (unpaired) electrons. The van der Waals surface area contributed by atoms with Gasteiger partial charge in [-0.1, -0.05) is 43.8 Å². The number of benzene rings is 1. The normalized spacial score (nSPS) is 11.0. The zero-order chi connectivity index (χ0) is 17.6. The summed E-state index contributed by atoms with van der Waals surface area (Å²) in [6.07, 6.45) is 1.60. The van der Waals surface area contributed by atoms with E-state index in [0.29, 0.717) is 29.2 Å². The van der Waals surface area contributed by atoms with Crippen molar-refractivity contribution in [3.05, 3.63) is 48.7 Å². The van der Waals surface area contributed by atoms with Crippen molar-refractivity contribution in [2.75, 3.05) is 12.3 Å². The molecule has 1 N–H and O–H groups in total. The average Bonchev–Trinajstić information content (AvgIpc) is 3.28. The first-order chi connectivity index (χ1) is 12.1. The zero-order valence-corrected chi connectivity index (χ0v) is 15.0. The summed E-state index contributed by atoms with van der Waals surface area (Å²) in [5.74, 6) is 1.94. The highest BCUT2D eigenvalue weighted by molar-refractivity contribution is 7.99. The second-order valence-electron chi connectivity index (χ2n) is 5.94. The van der Waals surface area contributed by atoms with Crippen LogP contribution in [0.25, 0.3) is 17.3 Å². The number of carbonyl (C=O) groups excluding carboxylic acids is 1. The van der Waals surface area contributed by atoms with Gasteiger partial charge in [-0.2, -0.15) is 0 Å². The van der Waals surface area contributed by atoms with Crippen LogP contribution in [-0.4, -0.2) is 33.0 Å².